The van der Waals surface area contributed by atoms with E-state index in [1.807, 2.05) is 24.3 Å². The lowest BCUT2D eigenvalue weighted by Crippen LogP contribution is -2.27. The number of carboxylic acids is 1. The summed E-state index contributed by atoms with van der Waals surface area (Å²) in [7, 11) is 0. The number of carbonyl (C=O) groups excluding carboxylic acids is 1. The molecule has 2 aromatic rings. The van der Waals surface area contributed by atoms with Gasteiger partial charge in [-0.2, -0.15) is 0 Å². The van der Waals surface area contributed by atoms with Crippen molar-refractivity contribution in [1.82, 2.24) is 0 Å². The molecule has 27 heavy (non-hydrogen) atoms. The predicted molar refractivity (Wildman–Crippen MR) is 114 cm³/mol. The summed E-state index contributed by atoms with van der Waals surface area (Å²) in [5, 5.41) is 8.88. The molecule has 1 aliphatic heterocycles. The Kier molecular flexibility index (Phi) is 5.98. The smallest absolute Gasteiger partial charge is 0.344 e. The number of aliphatic carboxylic acids is 1. The number of nitrogens with zero attached hydrogens (tertiary/aromatic N) is 1. The van der Waals surface area contributed by atoms with Crippen molar-refractivity contribution in [3.05, 3.63) is 63.5 Å². The lowest BCUT2D eigenvalue weighted by molar-refractivity contribution is -0.144. The number of thioether (sulfide) groups is 1. The van der Waals surface area contributed by atoms with Crippen LogP contribution >= 0.6 is 39.9 Å². The Balaban J connectivity index is 1.80. The normalized spacial score (nSPS) is 16.7. The van der Waals surface area contributed by atoms with Crippen molar-refractivity contribution in [2.24, 2.45) is 0 Å². The zero-order valence-electron chi connectivity index (χ0n) is 14.1. The number of amides is 1. The number of anilines is 1. The average Bonchev–Trinajstić information content (AvgIpc) is 2.90. The molecule has 0 aromatic heterocycles. The fraction of sp³-hybridized carbons (Fsp3) is 0.105. The molecule has 2 aromatic carbocycles. The number of benzene rings is 2. The molecule has 8 heteroatoms. The summed E-state index contributed by atoms with van der Waals surface area (Å²) in [5.74, 6) is -0.769. The number of thiocarbonyl (C=S) groups is 1. The zero-order valence-corrected chi connectivity index (χ0v) is 17.3. The van der Waals surface area contributed by atoms with Crippen LogP contribution in [0.3, 0.4) is 0 Å². The lowest BCUT2D eigenvalue weighted by Gasteiger charge is -2.15. The summed E-state index contributed by atoms with van der Waals surface area (Å²) < 4.78 is 6.55. The quantitative estimate of drug-likeness (QED) is 0.511. The molecule has 3 rings (SSSR count). The first-order valence-electron chi connectivity index (χ1n) is 7.89. The van der Waals surface area contributed by atoms with E-state index in [1.54, 1.807) is 30.3 Å². The van der Waals surface area contributed by atoms with E-state index in [1.165, 1.54) is 23.6 Å². The van der Waals surface area contributed by atoms with Gasteiger partial charge in [-0.1, -0.05) is 48.2 Å². The van der Waals surface area contributed by atoms with Gasteiger partial charge in [0.15, 0.2) is 10.4 Å². The summed E-state index contributed by atoms with van der Waals surface area (Å²) in [5.41, 5.74) is 1.49. The minimum absolute atomic E-state index is 0.184. The Bertz CT molecular complexity index is 943. The second-order valence-corrected chi connectivity index (χ2v) is 8.17. The minimum Gasteiger partial charge on any atom is -0.479 e. The molecule has 1 heterocycles. The van der Waals surface area contributed by atoms with Crippen molar-refractivity contribution in [3.8, 4) is 5.75 Å². The van der Waals surface area contributed by atoms with Crippen LogP contribution < -0.4 is 9.64 Å². The van der Waals surface area contributed by atoms with Crippen LogP contribution in [0, 0.1) is 0 Å². The number of hydrogen-bond donors (Lipinski definition) is 1. The number of carbonyl (C=O) groups is 2. The number of hydrogen-bond acceptors (Lipinski definition) is 5. The van der Waals surface area contributed by atoms with E-state index in [2.05, 4.69) is 15.9 Å². The summed E-state index contributed by atoms with van der Waals surface area (Å²) in [6, 6.07) is 14.3. The number of carboxylic acid groups (broad SMARTS) is 1. The molecule has 0 saturated carbocycles. The van der Waals surface area contributed by atoms with Crippen molar-refractivity contribution in [1.29, 1.82) is 0 Å². The highest BCUT2D eigenvalue weighted by Gasteiger charge is 2.34. The maximum atomic E-state index is 12.8. The van der Waals surface area contributed by atoms with Gasteiger partial charge in [0.05, 0.1) is 10.6 Å². The van der Waals surface area contributed by atoms with Gasteiger partial charge in [-0.15, -0.1) is 0 Å². The summed E-state index contributed by atoms with van der Waals surface area (Å²) >= 11 is 10.1. The Labute approximate surface area is 174 Å². The van der Waals surface area contributed by atoms with Crippen molar-refractivity contribution >= 4 is 67.9 Å². The summed E-state index contributed by atoms with van der Waals surface area (Å²) in [6.07, 6.45) is 0.817. The first-order valence-corrected chi connectivity index (χ1v) is 9.90. The Morgan fingerprint density at radius 2 is 1.93 bits per heavy atom. The number of halogens is 1. The lowest BCUT2D eigenvalue weighted by atomic mass is 10.2. The summed E-state index contributed by atoms with van der Waals surface area (Å²) in [6.45, 7) is 1.46. The maximum Gasteiger partial charge on any atom is 0.344 e. The molecule has 1 saturated heterocycles. The standard InChI is InChI=1S/C19H14BrNO4S2/c1-11(18(23)24)25-13-8-6-12(7-9-13)10-16-17(22)21(19(26)27-16)15-5-3-2-4-14(15)20/h2-11H,1H3,(H,23,24)/b16-10+. The molecule has 1 aliphatic rings. The molecule has 1 fully saturated rings. The second kappa shape index (κ2) is 8.24. The third-order valence-corrected chi connectivity index (χ3v) is 5.70. The molecule has 0 aliphatic carbocycles. The zero-order chi connectivity index (χ0) is 19.6. The van der Waals surface area contributed by atoms with Crippen LogP contribution in [0.2, 0.25) is 0 Å². The highest BCUT2D eigenvalue weighted by Crippen LogP contribution is 2.38. The molecule has 5 nitrogen and oxygen atoms in total. The molecular weight excluding hydrogens is 450 g/mol. The minimum atomic E-state index is -1.03. The van der Waals surface area contributed by atoms with Crippen LogP contribution in [0.25, 0.3) is 6.08 Å². The van der Waals surface area contributed by atoms with E-state index in [0.29, 0.717) is 20.7 Å². The largest absolute Gasteiger partial charge is 0.479 e. The van der Waals surface area contributed by atoms with Gasteiger partial charge in [-0.25, -0.2) is 4.79 Å². The van der Waals surface area contributed by atoms with Crippen molar-refractivity contribution in [2.45, 2.75) is 13.0 Å². The number of para-hydroxylation sites is 1. The number of rotatable bonds is 5. The third kappa shape index (κ3) is 4.40. The monoisotopic (exact) mass is 463 g/mol. The fourth-order valence-electron chi connectivity index (χ4n) is 2.36. The van der Waals surface area contributed by atoms with Crippen LogP contribution in [-0.4, -0.2) is 27.4 Å². The second-order valence-electron chi connectivity index (χ2n) is 5.64. The van der Waals surface area contributed by atoms with Crippen LogP contribution in [0.1, 0.15) is 12.5 Å². The Morgan fingerprint density at radius 1 is 1.26 bits per heavy atom. The predicted octanol–water partition coefficient (Wildman–Crippen LogP) is 4.71. The maximum absolute atomic E-state index is 12.8. The molecule has 0 spiro atoms. The topological polar surface area (TPSA) is 66.8 Å². The van der Waals surface area contributed by atoms with E-state index in [0.717, 1.165) is 10.0 Å². The molecule has 1 amide bonds. The van der Waals surface area contributed by atoms with Gasteiger partial charge in [0.1, 0.15) is 5.75 Å². The van der Waals surface area contributed by atoms with Gasteiger partial charge in [-0.05, 0) is 58.8 Å². The first-order chi connectivity index (χ1) is 12.9. The first kappa shape index (κ1) is 19.6. The van der Waals surface area contributed by atoms with E-state index in [4.69, 9.17) is 22.1 Å². The number of ether oxygens (including phenoxy) is 1. The van der Waals surface area contributed by atoms with Gasteiger partial charge in [0.25, 0.3) is 5.91 Å². The Morgan fingerprint density at radius 3 is 2.56 bits per heavy atom. The van der Waals surface area contributed by atoms with E-state index in [9.17, 15) is 9.59 Å². The molecule has 1 N–H and O–H groups in total. The SMILES string of the molecule is CC(Oc1ccc(/C=C2/SC(=S)N(c3ccccc3Br)C2=O)cc1)C(=O)O. The Hall–Kier alpha value is -2.16. The highest BCUT2D eigenvalue weighted by atomic mass is 79.9. The van der Waals surface area contributed by atoms with E-state index < -0.39 is 12.1 Å². The molecule has 1 unspecified atom stereocenters. The molecular formula is C19H14BrNO4S2. The average molecular weight is 464 g/mol. The van der Waals surface area contributed by atoms with Crippen molar-refractivity contribution in [2.75, 3.05) is 4.90 Å². The molecule has 1 atom stereocenters. The summed E-state index contributed by atoms with van der Waals surface area (Å²) in [4.78, 5) is 25.7. The van der Waals surface area contributed by atoms with Gasteiger partial charge in [-0.3, -0.25) is 9.69 Å². The molecule has 138 valence electrons. The van der Waals surface area contributed by atoms with Gasteiger partial charge < -0.3 is 9.84 Å². The van der Waals surface area contributed by atoms with Gasteiger partial charge in [0.2, 0.25) is 0 Å². The van der Waals surface area contributed by atoms with Crippen LogP contribution in [-0.2, 0) is 9.59 Å². The van der Waals surface area contributed by atoms with E-state index in [-0.39, 0.29) is 5.91 Å². The van der Waals surface area contributed by atoms with E-state index >= 15 is 0 Å². The van der Waals surface area contributed by atoms with Gasteiger partial charge >= 0.3 is 5.97 Å². The van der Waals surface area contributed by atoms with Crippen molar-refractivity contribution < 1.29 is 19.4 Å². The fourth-order valence-corrected chi connectivity index (χ4v) is 4.10. The molecule has 0 bridgehead atoms. The van der Waals surface area contributed by atoms with Crippen LogP contribution in [0.15, 0.2) is 57.9 Å². The van der Waals surface area contributed by atoms with Crippen LogP contribution in [0.5, 0.6) is 5.75 Å². The van der Waals surface area contributed by atoms with Gasteiger partial charge in [0, 0.05) is 4.47 Å². The van der Waals surface area contributed by atoms with Crippen molar-refractivity contribution in [3.63, 3.8) is 0 Å². The third-order valence-electron chi connectivity index (χ3n) is 3.73. The highest BCUT2D eigenvalue weighted by molar-refractivity contribution is 9.10. The van der Waals surface area contributed by atoms with Crippen LogP contribution in [0.4, 0.5) is 5.69 Å². The molecule has 0 radical (unpaired) electrons.